The summed E-state index contributed by atoms with van der Waals surface area (Å²) in [4.78, 5) is 8.31. The molecule has 2 N–H and O–H groups in total. The van der Waals surface area contributed by atoms with Crippen molar-refractivity contribution in [2.75, 3.05) is 13.1 Å². The largest absolute Gasteiger partial charge is 0.573 e. The van der Waals surface area contributed by atoms with Gasteiger partial charge in [-0.1, -0.05) is 18.2 Å². The van der Waals surface area contributed by atoms with Crippen LogP contribution in [0.25, 0.3) is 0 Å². The highest BCUT2D eigenvalue weighted by atomic mass is 19.4. The molecular formula is C17H22F3N5O. The second kappa shape index (κ2) is 9.69. The molecule has 2 aromatic rings. The zero-order chi connectivity index (χ0) is 18.8. The van der Waals surface area contributed by atoms with E-state index in [0.717, 1.165) is 13.0 Å². The Labute approximate surface area is 150 Å². The maximum absolute atomic E-state index is 12.5. The Hall–Kier alpha value is -2.71. The number of benzene rings is 1. The Morgan fingerprint density at radius 1 is 1.27 bits per heavy atom. The quantitative estimate of drug-likeness (QED) is 0.427. The van der Waals surface area contributed by atoms with Crippen LogP contribution in [0.15, 0.2) is 48.0 Å². The molecular weight excluding hydrogens is 347 g/mol. The van der Waals surface area contributed by atoms with Gasteiger partial charge in [0.05, 0.1) is 12.9 Å². The zero-order valence-corrected chi connectivity index (χ0v) is 14.5. The number of ether oxygens (including phenoxy) is 1. The summed E-state index contributed by atoms with van der Waals surface area (Å²) < 4.78 is 43.4. The van der Waals surface area contributed by atoms with Crippen molar-refractivity contribution in [2.24, 2.45) is 4.99 Å². The van der Waals surface area contributed by atoms with Crippen molar-refractivity contribution < 1.29 is 17.9 Å². The zero-order valence-electron chi connectivity index (χ0n) is 14.5. The Bertz CT molecular complexity index is 686. The molecule has 6 nitrogen and oxygen atoms in total. The van der Waals surface area contributed by atoms with E-state index in [2.05, 4.69) is 25.3 Å². The summed E-state index contributed by atoms with van der Waals surface area (Å²) in [6.45, 7) is 4.12. The van der Waals surface area contributed by atoms with Crippen LogP contribution in [-0.4, -0.2) is 35.0 Å². The molecule has 1 aromatic heterocycles. The number of aromatic nitrogens is 2. The fourth-order valence-corrected chi connectivity index (χ4v) is 2.25. The highest BCUT2D eigenvalue weighted by Crippen LogP contribution is 2.26. The number of guanidine groups is 1. The average Bonchev–Trinajstić information content (AvgIpc) is 3.09. The number of para-hydroxylation sites is 1. The van der Waals surface area contributed by atoms with Crippen molar-refractivity contribution in [3.8, 4) is 5.75 Å². The predicted molar refractivity (Wildman–Crippen MR) is 92.8 cm³/mol. The summed E-state index contributed by atoms with van der Waals surface area (Å²) >= 11 is 0. The number of hydrogen-bond donors (Lipinski definition) is 2. The molecule has 0 aliphatic rings. The maximum atomic E-state index is 12.5. The summed E-state index contributed by atoms with van der Waals surface area (Å²) in [5.74, 6) is 0.305. The van der Waals surface area contributed by atoms with E-state index >= 15 is 0 Å². The number of nitrogens with zero attached hydrogens (tertiary/aromatic N) is 3. The van der Waals surface area contributed by atoms with E-state index in [9.17, 15) is 13.2 Å². The van der Waals surface area contributed by atoms with Crippen LogP contribution in [0.4, 0.5) is 13.2 Å². The lowest BCUT2D eigenvalue weighted by Gasteiger charge is -2.14. The second-order valence-corrected chi connectivity index (χ2v) is 5.43. The molecule has 0 bridgehead atoms. The third kappa shape index (κ3) is 7.04. The van der Waals surface area contributed by atoms with Gasteiger partial charge >= 0.3 is 6.36 Å². The minimum atomic E-state index is -4.73. The molecule has 9 heteroatoms. The lowest BCUT2D eigenvalue weighted by molar-refractivity contribution is -0.274. The molecule has 0 unspecified atom stereocenters. The first-order chi connectivity index (χ1) is 12.5. The Kier molecular flexibility index (Phi) is 7.31. The van der Waals surface area contributed by atoms with Gasteiger partial charge in [-0.05, 0) is 19.4 Å². The van der Waals surface area contributed by atoms with Crippen LogP contribution >= 0.6 is 0 Å². The first-order valence-corrected chi connectivity index (χ1v) is 8.29. The molecule has 0 atom stereocenters. The average molecular weight is 369 g/mol. The number of hydrogen-bond acceptors (Lipinski definition) is 3. The van der Waals surface area contributed by atoms with E-state index in [-0.39, 0.29) is 12.3 Å². The Balaban J connectivity index is 1.91. The molecule has 1 aromatic carbocycles. The smallest absolute Gasteiger partial charge is 0.405 e. The molecule has 2 rings (SSSR count). The van der Waals surface area contributed by atoms with Crippen molar-refractivity contribution in [3.05, 3.63) is 48.5 Å². The number of nitrogens with one attached hydrogen (secondary N) is 2. The molecule has 1 heterocycles. The summed E-state index contributed by atoms with van der Waals surface area (Å²) in [5, 5.41) is 6.23. The molecule has 142 valence electrons. The molecule has 0 amide bonds. The second-order valence-electron chi connectivity index (χ2n) is 5.43. The third-order valence-electron chi connectivity index (χ3n) is 3.39. The van der Waals surface area contributed by atoms with Gasteiger partial charge in [0, 0.05) is 37.6 Å². The van der Waals surface area contributed by atoms with Gasteiger partial charge in [0.2, 0.25) is 0 Å². The van der Waals surface area contributed by atoms with Crippen LogP contribution in [0, 0.1) is 0 Å². The highest BCUT2D eigenvalue weighted by molar-refractivity contribution is 5.79. The van der Waals surface area contributed by atoms with Crippen molar-refractivity contribution >= 4 is 5.96 Å². The molecule has 0 saturated heterocycles. The number of imidazole rings is 1. The van der Waals surface area contributed by atoms with Gasteiger partial charge in [0.1, 0.15) is 5.75 Å². The fourth-order valence-electron chi connectivity index (χ4n) is 2.25. The first-order valence-electron chi connectivity index (χ1n) is 8.29. The van der Waals surface area contributed by atoms with E-state index < -0.39 is 6.36 Å². The predicted octanol–water partition coefficient (Wildman–Crippen LogP) is 2.93. The third-order valence-corrected chi connectivity index (χ3v) is 3.39. The molecule has 0 saturated carbocycles. The van der Waals surface area contributed by atoms with E-state index in [1.54, 1.807) is 24.7 Å². The Morgan fingerprint density at radius 3 is 2.77 bits per heavy atom. The van der Waals surface area contributed by atoms with Gasteiger partial charge < -0.3 is 19.9 Å². The van der Waals surface area contributed by atoms with Gasteiger partial charge in [-0.2, -0.15) is 0 Å². The summed E-state index contributed by atoms with van der Waals surface area (Å²) in [7, 11) is 0. The van der Waals surface area contributed by atoms with Gasteiger partial charge in [0.25, 0.3) is 0 Å². The minimum absolute atomic E-state index is 0.0725. The minimum Gasteiger partial charge on any atom is -0.405 e. The lowest BCUT2D eigenvalue weighted by Crippen LogP contribution is -2.38. The van der Waals surface area contributed by atoms with E-state index in [1.165, 1.54) is 12.1 Å². The van der Waals surface area contributed by atoms with Gasteiger partial charge in [-0.25, -0.2) is 9.98 Å². The number of aliphatic imine (C=N–C) groups is 1. The summed E-state index contributed by atoms with van der Waals surface area (Å²) in [6.07, 6.45) is 1.48. The lowest BCUT2D eigenvalue weighted by atomic mass is 10.2. The van der Waals surface area contributed by atoms with E-state index in [0.29, 0.717) is 24.6 Å². The summed E-state index contributed by atoms with van der Waals surface area (Å²) in [5.41, 5.74) is 0.362. The topological polar surface area (TPSA) is 63.5 Å². The van der Waals surface area contributed by atoms with Crippen LogP contribution in [-0.2, 0) is 13.1 Å². The first kappa shape index (κ1) is 19.6. The SMILES string of the molecule is CCNC(=NCc1ccccc1OC(F)(F)F)NCCCn1ccnc1. The van der Waals surface area contributed by atoms with Crippen LogP contribution < -0.4 is 15.4 Å². The monoisotopic (exact) mass is 369 g/mol. The van der Waals surface area contributed by atoms with Crippen LogP contribution in [0.5, 0.6) is 5.75 Å². The van der Waals surface area contributed by atoms with Crippen molar-refractivity contribution in [1.29, 1.82) is 0 Å². The number of alkyl halides is 3. The number of aryl methyl sites for hydroxylation is 1. The molecule has 0 aliphatic heterocycles. The van der Waals surface area contributed by atoms with Crippen molar-refractivity contribution in [1.82, 2.24) is 20.2 Å². The van der Waals surface area contributed by atoms with Gasteiger partial charge in [0.15, 0.2) is 5.96 Å². The standard InChI is InChI=1S/C17H22F3N5O/c1-2-22-16(23-8-5-10-25-11-9-21-13-25)24-12-14-6-3-4-7-15(14)26-17(18,19)20/h3-4,6-7,9,11,13H,2,5,8,10,12H2,1H3,(H2,22,23,24). The number of rotatable bonds is 8. The maximum Gasteiger partial charge on any atom is 0.573 e. The highest BCUT2D eigenvalue weighted by Gasteiger charge is 2.31. The molecule has 0 radical (unpaired) electrons. The van der Waals surface area contributed by atoms with Crippen LogP contribution in [0.3, 0.4) is 0 Å². The Morgan fingerprint density at radius 2 is 2.08 bits per heavy atom. The van der Waals surface area contributed by atoms with Gasteiger partial charge in [-0.3, -0.25) is 0 Å². The molecule has 0 spiro atoms. The van der Waals surface area contributed by atoms with Crippen LogP contribution in [0.2, 0.25) is 0 Å². The van der Waals surface area contributed by atoms with Gasteiger partial charge in [-0.15, -0.1) is 13.2 Å². The van der Waals surface area contributed by atoms with Crippen LogP contribution in [0.1, 0.15) is 18.9 Å². The number of halogens is 3. The normalized spacial score (nSPS) is 12.1. The van der Waals surface area contributed by atoms with E-state index in [4.69, 9.17) is 0 Å². The molecule has 0 fully saturated rings. The van der Waals surface area contributed by atoms with Crippen molar-refractivity contribution in [2.45, 2.75) is 32.8 Å². The summed E-state index contributed by atoms with van der Waals surface area (Å²) in [6, 6.07) is 5.99. The van der Waals surface area contributed by atoms with E-state index in [1.807, 2.05) is 17.7 Å². The molecule has 26 heavy (non-hydrogen) atoms. The van der Waals surface area contributed by atoms with Crippen molar-refractivity contribution in [3.63, 3.8) is 0 Å². The molecule has 0 aliphatic carbocycles. The fraction of sp³-hybridized carbons (Fsp3) is 0.412.